The molecule has 0 aliphatic heterocycles. The van der Waals surface area contributed by atoms with E-state index in [1.165, 1.54) is 0 Å². The molecular formula is C8H10N2. The smallest absolute Gasteiger partial charge is 0.0836 e. The molecule has 0 bridgehead atoms. The Morgan fingerprint density at radius 3 is 2.50 bits per heavy atom. The Kier molecular flexibility index (Phi) is 1.81. The third-order valence-electron chi connectivity index (χ3n) is 1.22. The maximum atomic E-state index is 4.12. The van der Waals surface area contributed by atoms with Crippen LogP contribution in [-0.2, 0) is 0 Å². The lowest BCUT2D eigenvalue weighted by molar-refractivity contribution is 1.09. The van der Waals surface area contributed by atoms with Gasteiger partial charge in [-0.3, -0.25) is 9.97 Å². The van der Waals surface area contributed by atoms with Gasteiger partial charge in [-0.05, 0) is 19.4 Å². The van der Waals surface area contributed by atoms with Crippen LogP contribution in [0.2, 0.25) is 0 Å². The van der Waals surface area contributed by atoms with Crippen LogP contribution in [0.3, 0.4) is 0 Å². The number of aryl methyl sites for hydroxylation is 1. The predicted molar refractivity (Wildman–Crippen MR) is 41.5 cm³/mol. The Bertz CT molecular complexity index is 236. The van der Waals surface area contributed by atoms with Crippen molar-refractivity contribution in [3.8, 4) is 0 Å². The van der Waals surface area contributed by atoms with E-state index < -0.39 is 0 Å². The van der Waals surface area contributed by atoms with E-state index in [1.54, 1.807) is 12.4 Å². The SMILES string of the molecule is C=C(C)c1cnc(C)cn1. The van der Waals surface area contributed by atoms with Crippen LogP contribution in [0.4, 0.5) is 0 Å². The molecule has 0 saturated carbocycles. The van der Waals surface area contributed by atoms with E-state index in [0.717, 1.165) is 17.0 Å². The van der Waals surface area contributed by atoms with E-state index in [4.69, 9.17) is 0 Å². The molecule has 0 unspecified atom stereocenters. The van der Waals surface area contributed by atoms with Crippen molar-refractivity contribution >= 4 is 5.57 Å². The van der Waals surface area contributed by atoms with Crippen LogP contribution in [0.1, 0.15) is 18.3 Å². The molecule has 2 nitrogen and oxygen atoms in total. The van der Waals surface area contributed by atoms with Gasteiger partial charge in [0.1, 0.15) is 0 Å². The second kappa shape index (κ2) is 2.60. The molecular weight excluding hydrogens is 124 g/mol. The summed E-state index contributed by atoms with van der Waals surface area (Å²) in [5, 5.41) is 0. The first-order chi connectivity index (χ1) is 4.70. The van der Waals surface area contributed by atoms with Gasteiger partial charge in [0.2, 0.25) is 0 Å². The zero-order valence-electron chi connectivity index (χ0n) is 6.26. The first-order valence-electron chi connectivity index (χ1n) is 3.14. The van der Waals surface area contributed by atoms with Crippen LogP contribution in [0.5, 0.6) is 0 Å². The third kappa shape index (κ3) is 1.41. The molecule has 1 aromatic heterocycles. The zero-order chi connectivity index (χ0) is 7.56. The molecule has 0 spiro atoms. The molecule has 2 heteroatoms. The lowest BCUT2D eigenvalue weighted by atomic mass is 10.2. The highest BCUT2D eigenvalue weighted by Gasteiger charge is 1.92. The van der Waals surface area contributed by atoms with Crippen LogP contribution in [0, 0.1) is 6.92 Å². The van der Waals surface area contributed by atoms with Gasteiger partial charge in [-0.15, -0.1) is 0 Å². The van der Waals surface area contributed by atoms with Crippen molar-refractivity contribution in [3.63, 3.8) is 0 Å². The van der Waals surface area contributed by atoms with Gasteiger partial charge >= 0.3 is 0 Å². The molecule has 0 amide bonds. The van der Waals surface area contributed by atoms with E-state index >= 15 is 0 Å². The molecule has 0 atom stereocenters. The number of nitrogens with zero attached hydrogens (tertiary/aromatic N) is 2. The third-order valence-corrected chi connectivity index (χ3v) is 1.22. The molecule has 0 N–H and O–H groups in total. The van der Waals surface area contributed by atoms with Crippen molar-refractivity contribution in [2.75, 3.05) is 0 Å². The average molecular weight is 134 g/mol. The first kappa shape index (κ1) is 6.93. The van der Waals surface area contributed by atoms with Crippen LogP contribution in [-0.4, -0.2) is 9.97 Å². The van der Waals surface area contributed by atoms with Gasteiger partial charge in [-0.2, -0.15) is 0 Å². The summed E-state index contributed by atoms with van der Waals surface area (Å²) in [7, 11) is 0. The highest BCUT2D eigenvalue weighted by molar-refractivity contribution is 5.56. The summed E-state index contributed by atoms with van der Waals surface area (Å²) in [4.78, 5) is 8.19. The molecule has 0 aromatic carbocycles. The quantitative estimate of drug-likeness (QED) is 0.585. The molecule has 1 rings (SSSR count). The molecule has 10 heavy (non-hydrogen) atoms. The van der Waals surface area contributed by atoms with E-state index in [2.05, 4.69) is 16.5 Å². The fourth-order valence-electron chi connectivity index (χ4n) is 0.613. The van der Waals surface area contributed by atoms with Gasteiger partial charge in [-0.1, -0.05) is 6.58 Å². The molecule has 1 heterocycles. The van der Waals surface area contributed by atoms with Crippen molar-refractivity contribution in [2.24, 2.45) is 0 Å². The summed E-state index contributed by atoms with van der Waals surface area (Å²) in [6.45, 7) is 7.58. The maximum absolute atomic E-state index is 4.12. The van der Waals surface area contributed by atoms with E-state index in [9.17, 15) is 0 Å². The molecule has 0 fully saturated rings. The minimum atomic E-state index is 0.866. The normalized spacial score (nSPS) is 9.40. The monoisotopic (exact) mass is 134 g/mol. The topological polar surface area (TPSA) is 25.8 Å². The Labute approximate surface area is 60.6 Å². The largest absolute Gasteiger partial charge is 0.258 e. The molecule has 0 saturated heterocycles. The van der Waals surface area contributed by atoms with E-state index in [0.29, 0.717) is 0 Å². The summed E-state index contributed by atoms with van der Waals surface area (Å²) >= 11 is 0. The molecule has 52 valence electrons. The Hall–Kier alpha value is -1.18. The van der Waals surface area contributed by atoms with Crippen LogP contribution in [0.25, 0.3) is 5.57 Å². The lowest BCUT2D eigenvalue weighted by Gasteiger charge is -1.96. The minimum Gasteiger partial charge on any atom is -0.258 e. The number of hydrogen-bond donors (Lipinski definition) is 0. The van der Waals surface area contributed by atoms with Crippen molar-refractivity contribution in [3.05, 3.63) is 30.4 Å². The summed E-state index contributed by atoms with van der Waals surface area (Å²) in [6.07, 6.45) is 3.47. The standard InChI is InChI=1S/C8H10N2/c1-6(2)8-5-9-7(3)4-10-8/h4-5H,1H2,2-3H3. The van der Waals surface area contributed by atoms with Gasteiger partial charge < -0.3 is 0 Å². The van der Waals surface area contributed by atoms with Crippen molar-refractivity contribution in [1.29, 1.82) is 0 Å². The number of allylic oxidation sites excluding steroid dienone is 1. The van der Waals surface area contributed by atoms with Crippen molar-refractivity contribution < 1.29 is 0 Å². The van der Waals surface area contributed by atoms with Crippen LogP contribution in [0.15, 0.2) is 19.0 Å². The Balaban J connectivity index is 3.00. The molecule has 0 aliphatic rings. The minimum absolute atomic E-state index is 0.866. The fourth-order valence-corrected chi connectivity index (χ4v) is 0.613. The highest BCUT2D eigenvalue weighted by atomic mass is 14.8. The zero-order valence-corrected chi connectivity index (χ0v) is 6.26. The molecule has 0 radical (unpaired) electrons. The Morgan fingerprint density at radius 2 is 2.10 bits per heavy atom. The summed E-state index contributed by atoms with van der Waals surface area (Å²) < 4.78 is 0. The van der Waals surface area contributed by atoms with Crippen LogP contribution < -0.4 is 0 Å². The van der Waals surface area contributed by atoms with Crippen molar-refractivity contribution in [2.45, 2.75) is 13.8 Å². The number of rotatable bonds is 1. The van der Waals surface area contributed by atoms with E-state index in [1.807, 2.05) is 13.8 Å². The lowest BCUT2D eigenvalue weighted by Crippen LogP contribution is -1.88. The number of hydrogen-bond acceptors (Lipinski definition) is 2. The average Bonchev–Trinajstić information content (AvgIpc) is 1.88. The molecule has 1 aromatic rings. The predicted octanol–water partition coefficient (Wildman–Crippen LogP) is 1.82. The van der Waals surface area contributed by atoms with Crippen molar-refractivity contribution in [1.82, 2.24) is 9.97 Å². The summed E-state index contributed by atoms with van der Waals surface area (Å²) in [5.41, 5.74) is 2.75. The van der Waals surface area contributed by atoms with E-state index in [-0.39, 0.29) is 0 Å². The van der Waals surface area contributed by atoms with Crippen LogP contribution >= 0.6 is 0 Å². The highest BCUT2D eigenvalue weighted by Crippen LogP contribution is 2.04. The second-order valence-corrected chi connectivity index (χ2v) is 2.32. The Morgan fingerprint density at radius 1 is 1.40 bits per heavy atom. The van der Waals surface area contributed by atoms with Gasteiger partial charge in [0, 0.05) is 6.20 Å². The fraction of sp³-hybridized carbons (Fsp3) is 0.250. The van der Waals surface area contributed by atoms with Gasteiger partial charge in [-0.25, -0.2) is 0 Å². The summed E-state index contributed by atoms with van der Waals surface area (Å²) in [5.74, 6) is 0. The number of aromatic nitrogens is 2. The van der Waals surface area contributed by atoms with Gasteiger partial charge in [0.15, 0.2) is 0 Å². The summed E-state index contributed by atoms with van der Waals surface area (Å²) in [6, 6.07) is 0. The van der Waals surface area contributed by atoms with Gasteiger partial charge in [0.05, 0.1) is 17.6 Å². The second-order valence-electron chi connectivity index (χ2n) is 2.32. The van der Waals surface area contributed by atoms with Gasteiger partial charge in [0.25, 0.3) is 0 Å². The molecule has 0 aliphatic carbocycles. The first-order valence-corrected chi connectivity index (χ1v) is 3.14. The maximum Gasteiger partial charge on any atom is 0.0836 e.